The molecule has 4 aromatic rings. The van der Waals surface area contributed by atoms with Gasteiger partial charge in [0.05, 0.1) is 14.2 Å². The Kier molecular flexibility index (Phi) is 7.40. The zero-order chi connectivity index (χ0) is 26.7. The summed E-state index contributed by atoms with van der Waals surface area (Å²) in [5, 5.41) is 11.2. The fourth-order valence-electron chi connectivity index (χ4n) is 3.69. The smallest absolute Gasteiger partial charge is 0.243 e. The highest BCUT2D eigenvalue weighted by Crippen LogP contribution is 2.38. The van der Waals surface area contributed by atoms with Gasteiger partial charge in [-0.25, -0.2) is 18.4 Å². The Morgan fingerprint density at radius 3 is 2.22 bits per heavy atom. The SMILES string of the molecule is COc1cccc(OC)c1-n1c(NS(=O)(=O)C(C)C(OC)c2ncc(C)cn2)nnc1-c1cc(C)on1. The first-order valence-electron chi connectivity index (χ1n) is 11.1. The van der Waals surface area contributed by atoms with Crippen LogP contribution < -0.4 is 14.2 Å². The van der Waals surface area contributed by atoms with Crippen molar-refractivity contribution in [2.24, 2.45) is 0 Å². The van der Waals surface area contributed by atoms with Crippen molar-refractivity contribution < 1.29 is 27.2 Å². The molecule has 0 bridgehead atoms. The van der Waals surface area contributed by atoms with E-state index >= 15 is 0 Å². The number of anilines is 1. The molecule has 1 aromatic carbocycles. The molecule has 3 heterocycles. The normalized spacial score (nSPS) is 13.2. The average Bonchev–Trinajstić information content (AvgIpc) is 3.50. The molecule has 3 aromatic heterocycles. The van der Waals surface area contributed by atoms with Crippen LogP contribution in [0.15, 0.2) is 41.2 Å². The average molecular weight is 530 g/mol. The van der Waals surface area contributed by atoms with Crippen molar-refractivity contribution in [3.05, 3.63) is 53.8 Å². The van der Waals surface area contributed by atoms with Crippen molar-refractivity contribution >= 4 is 16.0 Å². The molecule has 0 saturated carbocycles. The molecule has 0 amide bonds. The van der Waals surface area contributed by atoms with E-state index in [-0.39, 0.29) is 17.6 Å². The summed E-state index contributed by atoms with van der Waals surface area (Å²) in [5.74, 6) is 1.62. The third-order valence-electron chi connectivity index (χ3n) is 5.60. The molecular weight excluding hydrogens is 502 g/mol. The maximum atomic E-state index is 13.6. The van der Waals surface area contributed by atoms with E-state index in [4.69, 9.17) is 18.7 Å². The summed E-state index contributed by atoms with van der Waals surface area (Å²) in [6, 6.07) is 6.79. The van der Waals surface area contributed by atoms with Crippen LogP contribution in [0.25, 0.3) is 17.2 Å². The molecule has 37 heavy (non-hydrogen) atoms. The quantitative estimate of drug-likeness (QED) is 0.322. The Hall–Kier alpha value is -4.04. The largest absolute Gasteiger partial charge is 0.494 e. The van der Waals surface area contributed by atoms with Crippen molar-refractivity contribution in [3.63, 3.8) is 0 Å². The number of aromatic nitrogens is 6. The fraction of sp³-hybridized carbons (Fsp3) is 0.348. The zero-order valence-corrected chi connectivity index (χ0v) is 22.0. The van der Waals surface area contributed by atoms with Crippen molar-refractivity contribution in [2.45, 2.75) is 32.1 Å². The van der Waals surface area contributed by atoms with Gasteiger partial charge in [-0.15, -0.1) is 10.2 Å². The second-order valence-corrected chi connectivity index (χ2v) is 10.2. The summed E-state index contributed by atoms with van der Waals surface area (Å²) in [7, 11) is 0.247. The van der Waals surface area contributed by atoms with E-state index in [1.54, 1.807) is 43.6 Å². The van der Waals surface area contributed by atoms with E-state index in [9.17, 15) is 8.42 Å². The lowest BCUT2D eigenvalue weighted by atomic mass is 10.2. The molecule has 0 aliphatic rings. The van der Waals surface area contributed by atoms with Crippen LogP contribution in [0, 0.1) is 13.8 Å². The first-order chi connectivity index (χ1) is 17.7. The van der Waals surface area contributed by atoms with E-state index in [2.05, 4.69) is 30.0 Å². The van der Waals surface area contributed by atoms with Crippen molar-refractivity contribution in [1.82, 2.24) is 29.9 Å². The number of sulfonamides is 1. The highest BCUT2D eigenvalue weighted by Gasteiger charge is 2.35. The molecule has 0 aliphatic heterocycles. The minimum Gasteiger partial charge on any atom is -0.494 e. The fourth-order valence-corrected chi connectivity index (χ4v) is 4.82. The summed E-state index contributed by atoms with van der Waals surface area (Å²) >= 11 is 0. The third kappa shape index (κ3) is 5.11. The Morgan fingerprint density at radius 1 is 1.03 bits per heavy atom. The Balaban J connectivity index is 1.82. The van der Waals surface area contributed by atoms with Gasteiger partial charge < -0.3 is 18.7 Å². The Labute approximate surface area is 213 Å². The standard InChI is InChI=1S/C23H27N7O6S/c1-13-11-24-21(25-12-13)20(35-6)15(3)37(31,32)29-23-27-26-22(16-10-14(2)36-28-16)30(23)19-17(33-4)8-7-9-18(19)34-5/h7-12,15,20H,1-6H3,(H,27,29). The number of nitrogens with one attached hydrogen (secondary N) is 1. The highest BCUT2D eigenvalue weighted by atomic mass is 32.2. The molecule has 13 nitrogen and oxygen atoms in total. The Bertz CT molecular complexity index is 1460. The topological polar surface area (TPSA) is 156 Å². The number of nitrogens with zero attached hydrogens (tertiary/aromatic N) is 6. The van der Waals surface area contributed by atoms with Crippen LogP contribution in [0.3, 0.4) is 0 Å². The second-order valence-electron chi connectivity index (χ2n) is 8.14. The molecule has 1 N–H and O–H groups in total. The van der Waals surface area contributed by atoms with Crippen LogP contribution in [-0.4, -0.2) is 64.9 Å². The maximum Gasteiger partial charge on any atom is 0.243 e. The maximum absolute atomic E-state index is 13.6. The number of ether oxygens (including phenoxy) is 3. The number of hydrogen-bond acceptors (Lipinski definition) is 11. The molecule has 0 radical (unpaired) electrons. The molecule has 196 valence electrons. The van der Waals surface area contributed by atoms with Gasteiger partial charge in [0.25, 0.3) is 0 Å². The molecular formula is C23H27N7O6S. The third-order valence-corrected chi connectivity index (χ3v) is 7.30. The number of aryl methyl sites for hydroxylation is 2. The van der Waals surface area contributed by atoms with E-state index in [0.29, 0.717) is 28.6 Å². The summed E-state index contributed by atoms with van der Waals surface area (Å²) in [4.78, 5) is 8.47. The molecule has 0 aliphatic carbocycles. The van der Waals surface area contributed by atoms with Crippen molar-refractivity contribution in [3.8, 4) is 28.7 Å². The predicted octanol–water partition coefficient (Wildman–Crippen LogP) is 2.86. The van der Waals surface area contributed by atoms with Crippen molar-refractivity contribution in [2.75, 3.05) is 26.1 Å². The molecule has 0 saturated heterocycles. The summed E-state index contributed by atoms with van der Waals surface area (Å²) < 4.78 is 52.9. The van der Waals surface area contributed by atoms with Crippen LogP contribution in [0.1, 0.15) is 30.2 Å². The first kappa shape index (κ1) is 26.0. The minimum absolute atomic E-state index is 0.120. The van der Waals surface area contributed by atoms with Gasteiger partial charge in [-0.2, -0.15) is 0 Å². The lowest BCUT2D eigenvalue weighted by Gasteiger charge is -2.22. The lowest BCUT2D eigenvalue weighted by Crippen LogP contribution is -2.33. The van der Waals surface area contributed by atoms with Gasteiger partial charge in [-0.05, 0) is 38.5 Å². The van der Waals surface area contributed by atoms with Gasteiger partial charge in [0, 0.05) is 25.6 Å². The number of benzene rings is 1. The van der Waals surface area contributed by atoms with E-state index in [1.807, 2.05) is 6.92 Å². The molecule has 14 heteroatoms. The monoisotopic (exact) mass is 529 g/mol. The number of para-hydroxylation sites is 1. The second kappa shape index (κ2) is 10.5. The summed E-state index contributed by atoms with van der Waals surface area (Å²) in [6.45, 7) is 5.05. The van der Waals surface area contributed by atoms with Crippen LogP contribution in [0.2, 0.25) is 0 Å². The summed E-state index contributed by atoms with van der Waals surface area (Å²) in [6.07, 6.45) is 2.24. The highest BCUT2D eigenvalue weighted by molar-refractivity contribution is 7.93. The van der Waals surface area contributed by atoms with Crippen molar-refractivity contribution in [1.29, 1.82) is 0 Å². The lowest BCUT2D eigenvalue weighted by molar-refractivity contribution is 0.0949. The Morgan fingerprint density at radius 2 is 1.68 bits per heavy atom. The number of hydrogen-bond donors (Lipinski definition) is 1. The van der Waals surface area contributed by atoms with Crippen LogP contribution in [-0.2, 0) is 14.8 Å². The summed E-state index contributed by atoms with van der Waals surface area (Å²) in [5.41, 5.74) is 1.53. The van der Waals surface area contributed by atoms with E-state index < -0.39 is 21.4 Å². The van der Waals surface area contributed by atoms with Crippen LogP contribution in [0.5, 0.6) is 11.5 Å². The minimum atomic E-state index is -4.12. The van der Waals surface area contributed by atoms with Gasteiger partial charge >= 0.3 is 0 Å². The number of methoxy groups -OCH3 is 3. The predicted molar refractivity (Wildman–Crippen MR) is 133 cm³/mol. The number of rotatable bonds is 10. The van der Waals surface area contributed by atoms with E-state index in [1.165, 1.54) is 32.8 Å². The van der Waals surface area contributed by atoms with Gasteiger partial charge in [0.2, 0.25) is 16.0 Å². The molecule has 0 fully saturated rings. The van der Waals surface area contributed by atoms with E-state index in [0.717, 1.165) is 5.56 Å². The van der Waals surface area contributed by atoms with Crippen LogP contribution >= 0.6 is 0 Å². The molecule has 2 unspecified atom stereocenters. The molecule has 2 atom stereocenters. The van der Waals surface area contributed by atoms with Gasteiger partial charge in [-0.1, -0.05) is 11.2 Å². The van der Waals surface area contributed by atoms with Crippen LogP contribution in [0.4, 0.5) is 5.95 Å². The zero-order valence-electron chi connectivity index (χ0n) is 21.2. The van der Waals surface area contributed by atoms with Gasteiger partial charge in [-0.3, -0.25) is 9.29 Å². The van der Waals surface area contributed by atoms with Gasteiger partial charge in [0.1, 0.15) is 34.3 Å². The molecule has 0 spiro atoms. The first-order valence-corrected chi connectivity index (χ1v) is 12.7. The van der Waals surface area contributed by atoms with Gasteiger partial charge in [0.15, 0.2) is 17.3 Å². The molecule has 4 rings (SSSR count).